The fraction of sp³-hybridized carbons (Fsp3) is 0.579. The molecule has 0 spiro atoms. The number of aryl methyl sites for hydroxylation is 1. The van der Waals surface area contributed by atoms with Crippen molar-refractivity contribution >= 4 is 11.9 Å². The molecule has 1 aromatic rings. The third-order valence-corrected chi connectivity index (χ3v) is 5.02. The van der Waals surface area contributed by atoms with Crippen molar-refractivity contribution in [1.82, 2.24) is 5.32 Å². The standard InChI is InChI=1S/C19H28N2O3/c1-14-5-7-15(8-6-14)13-16(17(22)24-2)21-18(23)19(11-12-20)9-3-4-10-19/h5-8,16H,3-4,9-13,20H2,1-2H3,(H,21,23). The van der Waals surface area contributed by atoms with Gasteiger partial charge < -0.3 is 15.8 Å². The van der Waals surface area contributed by atoms with Gasteiger partial charge in [0.05, 0.1) is 12.5 Å². The Morgan fingerprint density at radius 3 is 2.42 bits per heavy atom. The van der Waals surface area contributed by atoms with E-state index in [2.05, 4.69) is 5.32 Å². The van der Waals surface area contributed by atoms with Gasteiger partial charge in [0.25, 0.3) is 0 Å². The van der Waals surface area contributed by atoms with Crippen LogP contribution in [0.4, 0.5) is 0 Å². The summed E-state index contributed by atoms with van der Waals surface area (Å²) in [6.07, 6.45) is 4.85. The van der Waals surface area contributed by atoms with Crippen molar-refractivity contribution in [1.29, 1.82) is 0 Å². The van der Waals surface area contributed by atoms with Crippen LogP contribution in [0.2, 0.25) is 0 Å². The van der Waals surface area contributed by atoms with Crippen LogP contribution in [-0.4, -0.2) is 31.6 Å². The summed E-state index contributed by atoms with van der Waals surface area (Å²) in [5.41, 5.74) is 7.45. The van der Waals surface area contributed by atoms with E-state index in [0.29, 0.717) is 19.4 Å². The third kappa shape index (κ3) is 4.35. The average Bonchev–Trinajstić information content (AvgIpc) is 3.05. The second kappa shape index (κ2) is 8.29. The molecule has 1 saturated carbocycles. The fourth-order valence-corrected chi connectivity index (χ4v) is 3.53. The number of carbonyl (C=O) groups excluding carboxylic acids is 2. The molecule has 0 bridgehead atoms. The number of carbonyl (C=O) groups is 2. The van der Waals surface area contributed by atoms with E-state index in [-0.39, 0.29) is 5.91 Å². The normalized spacial score (nSPS) is 17.3. The lowest BCUT2D eigenvalue weighted by Gasteiger charge is -2.29. The Hall–Kier alpha value is -1.88. The third-order valence-electron chi connectivity index (χ3n) is 5.02. The number of hydrogen-bond acceptors (Lipinski definition) is 4. The Bertz CT molecular complexity index is 562. The highest BCUT2D eigenvalue weighted by Crippen LogP contribution is 2.41. The Morgan fingerprint density at radius 1 is 1.25 bits per heavy atom. The number of nitrogens with two attached hydrogens (primary N) is 1. The molecule has 5 heteroatoms. The lowest BCUT2D eigenvalue weighted by atomic mass is 9.81. The Labute approximate surface area is 143 Å². The number of nitrogens with one attached hydrogen (secondary N) is 1. The van der Waals surface area contributed by atoms with Gasteiger partial charge in [0.15, 0.2) is 0 Å². The highest BCUT2D eigenvalue weighted by atomic mass is 16.5. The summed E-state index contributed by atoms with van der Waals surface area (Å²) in [6.45, 7) is 2.49. The van der Waals surface area contributed by atoms with E-state index >= 15 is 0 Å². The molecule has 0 saturated heterocycles. The van der Waals surface area contributed by atoms with Gasteiger partial charge in [-0.3, -0.25) is 4.79 Å². The second-order valence-electron chi connectivity index (χ2n) is 6.77. The highest BCUT2D eigenvalue weighted by molar-refractivity contribution is 5.88. The average molecular weight is 332 g/mol. The summed E-state index contributed by atoms with van der Waals surface area (Å²) in [6, 6.07) is 7.28. The molecule has 1 fully saturated rings. The van der Waals surface area contributed by atoms with Crippen LogP contribution in [-0.2, 0) is 20.7 Å². The van der Waals surface area contributed by atoms with Gasteiger partial charge in [0, 0.05) is 6.42 Å². The molecule has 1 aromatic carbocycles. The first-order chi connectivity index (χ1) is 11.5. The van der Waals surface area contributed by atoms with Crippen molar-refractivity contribution in [3.63, 3.8) is 0 Å². The van der Waals surface area contributed by atoms with Crippen molar-refractivity contribution in [2.45, 2.75) is 51.5 Å². The molecular weight excluding hydrogens is 304 g/mol. The summed E-state index contributed by atoms with van der Waals surface area (Å²) in [7, 11) is 1.35. The predicted molar refractivity (Wildman–Crippen MR) is 93.4 cm³/mol. The molecule has 24 heavy (non-hydrogen) atoms. The van der Waals surface area contributed by atoms with E-state index < -0.39 is 17.4 Å². The molecule has 2 rings (SSSR count). The number of rotatable bonds is 7. The van der Waals surface area contributed by atoms with Gasteiger partial charge in [0.1, 0.15) is 6.04 Å². The molecule has 0 heterocycles. The quantitative estimate of drug-likeness (QED) is 0.749. The van der Waals surface area contributed by atoms with Gasteiger partial charge in [-0.15, -0.1) is 0 Å². The molecule has 0 aliphatic heterocycles. The van der Waals surface area contributed by atoms with Crippen LogP contribution in [0.15, 0.2) is 24.3 Å². The molecule has 5 nitrogen and oxygen atoms in total. The molecule has 1 aliphatic carbocycles. The first-order valence-electron chi connectivity index (χ1n) is 8.65. The van der Waals surface area contributed by atoms with Gasteiger partial charge in [-0.1, -0.05) is 42.7 Å². The number of hydrogen-bond donors (Lipinski definition) is 2. The van der Waals surface area contributed by atoms with Crippen LogP contribution >= 0.6 is 0 Å². The summed E-state index contributed by atoms with van der Waals surface area (Å²) < 4.78 is 4.89. The van der Waals surface area contributed by atoms with Crippen molar-refractivity contribution in [2.75, 3.05) is 13.7 Å². The Morgan fingerprint density at radius 2 is 1.88 bits per heavy atom. The second-order valence-corrected chi connectivity index (χ2v) is 6.77. The number of benzene rings is 1. The zero-order valence-electron chi connectivity index (χ0n) is 14.6. The first-order valence-corrected chi connectivity index (χ1v) is 8.65. The number of ether oxygens (including phenoxy) is 1. The van der Waals surface area contributed by atoms with Gasteiger partial charge in [-0.25, -0.2) is 4.79 Å². The van der Waals surface area contributed by atoms with Crippen LogP contribution in [0.1, 0.15) is 43.2 Å². The predicted octanol–water partition coefficient (Wildman–Crippen LogP) is 2.10. The van der Waals surface area contributed by atoms with E-state index in [9.17, 15) is 9.59 Å². The Kier molecular flexibility index (Phi) is 6.37. The lowest BCUT2D eigenvalue weighted by Crippen LogP contribution is -2.49. The smallest absolute Gasteiger partial charge is 0.328 e. The topological polar surface area (TPSA) is 81.4 Å². The molecule has 1 amide bonds. The van der Waals surface area contributed by atoms with Gasteiger partial charge in [-0.2, -0.15) is 0 Å². The van der Waals surface area contributed by atoms with Crippen LogP contribution in [0.3, 0.4) is 0 Å². The van der Waals surface area contributed by atoms with E-state index in [0.717, 1.165) is 36.8 Å². The minimum absolute atomic E-state index is 0.0621. The SMILES string of the molecule is COC(=O)C(Cc1ccc(C)cc1)NC(=O)C1(CCN)CCCC1. The molecule has 1 unspecified atom stereocenters. The van der Waals surface area contributed by atoms with Crippen molar-refractivity contribution in [3.05, 3.63) is 35.4 Å². The maximum atomic E-state index is 12.9. The monoisotopic (exact) mass is 332 g/mol. The zero-order valence-corrected chi connectivity index (χ0v) is 14.6. The van der Waals surface area contributed by atoms with Gasteiger partial charge in [-0.05, 0) is 38.3 Å². The summed E-state index contributed by atoms with van der Waals surface area (Å²) in [4.78, 5) is 25.0. The zero-order chi connectivity index (χ0) is 17.6. The molecule has 0 aromatic heterocycles. The molecule has 132 valence electrons. The summed E-state index contributed by atoms with van der Waals surface area (Å²) in [5.74, 6) is -0.474. The molecular formula is C19H28N2O3. The van der Waals surface area contributed by atoms with E-state index in [4.69, 9.17) is 10.5 Å². The summed E-state index contributed by atoms with van der Waals surface area (Å²) >= 11 is 0. The maximum Gasteiger partial charge on any atom is 0.328 e. The van der Waals surface area contributed by atoms with Crippen molar-refractivity contribution in [2.24, 2.45) is 11.1 Å². The Balaban J connectivity index is 2.11. The number of esters is 1. The van der Waals surface area contributed by atoms with E-state index in [1.807, 2.05) is 31.2 Å². The van der Waals surface area contributed by atoms with Gasteiger partial charge in [0.2, 0.25) is 5.91 Å². The van der Waals surface area contributed by atoms with Crippen LogP contribution in [0, 0.1) is 12.3 Å². The minimum Gasteiger partial charge on any atom is -0.467 e. The minimum atomic E-state index is -0.666. The van der Waals surface area contributed by atoms with Crippen molar-refractivity contribution < 1.29 is 14.3 Å². The number of methoxy groups -OCH3 is 1. The molecule has 0 radical (unpaired) electrons. The maximum absolute atomic E-state index is 12.9. The van der Waals surface area contributed by atoms with Crippen LogP contribution in [0.25, 0.3) is 0 Å². The van der Waals surface area contributed by atoms with Crippen LogP contribution in [0.5, 0.6) is 0 Å². The number of amides is 1. The van der Waals surface area contributed by atoms with Crippen LogP contribution < -0.4 is 11.1 Å². The van der Waals surface area contributed by atoms with Crippen molar-refractivity contribution in [3.8, 4) is 0 Å². The molecule has 3 N–H and O–H groups in total. The molecule has 1 aliphatic rings. The fourth-order valence-electron chi connectivity index (χ4n) is 3.53. The summed E-state index contributed by atoms with van der Waals surface area (Å²) in [5, 5.41) is 2.93. The largest absolute Gasteiger partial charge is 0.467 e. The van der Waals surface area contributed by atoms with E-state index in [1.54, 1.807) is 0 Å². The highest BCUT2D eigenvalue weighted by Gasteiger charge is 2.41. The lowest BCUT2D eigenvalue weighted by molar-refractivity contribution is -0.146. The van der Waals surface area contributed by atoms with Gasteiger partial charge >= 0.3 is 5.97 Å². The van der Waals surface area contributed by atoms with E-state index in [1.165, 1.54) is 7.11 Å². The first kappa shape index (κ1) is 18.5. The molecule has 1 atom stereocenters.